The Balaban J connectivity index is 1.50. The summed E-state index contributed by atoms with van der Waals surface area (Å²) in [6, 6.07) is 14.9. The zero-order valence-corrected chi connectivity index (χ0v) is 24.4. The zero-order chi connectivity index (χ0) is 29.3. The van der Waals surface area contributed by atoms with Crippen LogP contribution < -0.4 is 10.1 Å². The van der Waals surface area contributed by atoms with Gasteiger partial charge in [-0.15, -0.1) is 0 Å². The molecule has 0 bridgehead atoms. The zero-order valence-electron chi connectivity index (χ0n) is 24.4. The van der Waals surface area contributed by atoms with Crippen LogP contribution in [0.1, 0.15) is 53.0 Å². The minimum Gasteiger partial charge on any atom is -0.493 e. The first-order valence-electron chi connectivity index (χ1n) is 13.8. The lowest BCUT2D eigenvalue weighted by molar-refractivity contribution is -0.143. The van der Waals surface area contributed by atoms with Gasteiger partial charge in [0.1, 0.15) is 17.4 Å². The molecule has 0 radical (unpaired) electrons. The highest BCUT2D eigenvalue weighted by Crippen LogP contribution is 2.25. The molecule has 1 atom stereocenters. The fraction of sp³-hybridized carbons (Fsp3) is 0.516. The number of alkyl carbamates (subject to hydrolysis) is 1. The van der Waals surface area contributed by atoms with Crippen molar-refractivity contribution in [3.8, 4) is 16.9 Å². The van der Waals surface area contributed by atoms with E-state index in [2.05, 4.69) is 5.32 Å². The molecule has 9 heteroatoms. The molecule has 1 N–H and O–H groups in total. The molecule has 1 aliphatic heterocycles. The predicted molar refractivity (Wildman–Crippen MR) is 152 cm³/mol. The van der Waals surface area contributed by atoms with Crippen molar-refractivity contribution in [3.63, 3.8) is 0 Å². The minimum absolute atomic E-state index is 0.110. The van der Waals surface area contributed by atoms with Crippen molar-refractivity contribution < 1.29 is 33.3 Å². The number of rotatable bonds is 9. The van der Waals surface area contributed by atoms with E-state index in [9.17, 15) is 14.4 Å². The Bertz CT molecular complexity index is 1120. The van der Waals surface area contributed by atoms with Crippen LogP contribution in [0.5, 0.6) is 5.75 Å². The molecular formula is C31H42N2O7. The maximum atomic E-state index is 12.2. The van der Waals surface area contributed by atoms with Crippen LogP contribution >= 0.6 is 0 Å². The van der Waals surface area contributed by atoms with Gasteiger partial charge in [0.05, 0.1) is 19.8 Å². The summed E-state index contributed by atoms with van der Waals surface area (Å²) in [5.74, 6) is 0.662. The van der Waals surface area contributed by atoms with Crippen molar-refractivity contribution in [2.45, 2.75) is 71.6 Å². The summed E-state index contributed by atoms with van der Waals surface area (Å²) in [5.41, 5.74) is 2.26. The Morgan fingerprint density at radius 3 is 2.05 bits per heavy atom. The monoisotopic (exact) mass is 554 g/mol. The van der Waals surface area contributed by atoms with Crippen LogP contribution in [0.4, 0.5) is 9.59 Å². The van der Waals surface area contributed by atoms with Crippen LogP contribution in [0.15, 0.2) is 48.5 Å². The van der Waals surface area contributed by atoms with Crippen LogP contribution in [0, 0.1) is 5.92 Å². The van der Waals surface area contributed by atoms with E-state index < -0.39 is 23.7 Å². The lowest BCUT2D eigenvalue weighted by Gasteiger charge is -2.31. The molecule has 0 saturated carbocycles. The predicted octanol–water partition coefficient (Wildman–Crippen LogP) is 5.60. The second kappa shape index (κ2) is 14.1. The maximum absolute atomic E-state index is 12.2. The van der Waals surface area contributed by atoms with Gasteiger partial charge >= 0.3 is 18.2 Å². The number of likely N-dealkylation sites (tertiary alicyclic amines) is 1. The lowest BCUT2D eigenvalue weighted by atomic mass is 9.98. The number of esters is 1. The quantitative estimate of drug-likeness (QED) is 0.318. The smallest absolute Gasteiger partial charge is 0.410 e. The third-order valence-corrected chi connectivity index (χ3v) is 6.45. The highest BCUT2D eigenvalue weighted by atomic mass is 16.6. The summed E-state index contributed by atoms with van der Waals surface area (Å²) >= 11 is 0. The van der Waals surface area contributed by atoms with Crippen molar-refractivity contribution in [3.05, 3.63) is 54.1 Å². The summed E-state index contributed by atoms with van der Waals surface area (Å²) in [7, 11) is 1.29. The van der Waals surface area contributed by atoms with E-state index >= 15 is 0 Å². The summed E-state index contributed by atoms with van der Waals surface area (Å²) in [6.45, 7) is 11.0. The van der Waals surface area contributed by atoms with Gasteiger partial charge in [-0.2, -0.15) is 0 Å². The van der Waals surface area contributed by atoms with Gasteiger partial charge in [0, 0.05) is 19.5 Å². The molecule has 1 fully saturated rings. The molecule has 3 rings (SSSR count). The Morgan fingerprint density at radius 2 is 1.52 bits per heavy atom. The largest absolute Gasteiger partial charge is 0.493 e. The van der Waals surface area contributed by atoms with Gasteiger partial charge in [0.2, 0.25) is 0 Å². The molecule has 0 spiro atoms. The Hall–Kier alpha value is -3.75. The second-order valence-electron chi connectivity index (χ2n) is 11.3. The molecule has 0 aromatic heterocycles. The van der Waals surface area contributed by atoms with Gasteiger partial charge in [0.25, 0.3) is 0 Å². The number of hydrogen-bond acceptors (Lipinski definition) is 7. The Kier molecular flexibility index (Phi) is 10.8. The van der Waals surface area contributed by atoms with Crippen LogP contribution in [-0.4, -0.2) is 67.6 Å². The fourth-order valence-corrected chi connectivity index (χ4v) is 4.37. The van der Waals surface area contributed by atoms with Crippen molar-refractivity contribution in [1.29, 1.82) is 0 Å². The average molecular weight is 555 g/mol. The Morgan fingerprint density at radius 1 is 0.950 bits per heavy atom. The summed E-state index contributed by atoms with van der Waals surface area (Å²) in [4.78, 5) is 38.3. The van der Waals surface area contributed by atoms with E-state index in [1.807, 2.05) is 62.4 Å². The Labute approximate surface area is 237 Å². The molecule has 0 aliphatic carbocycles. The van der Waals surface area contributed by atoms with E-state index in [4.69, 9.17) is 18.9 Å². The average Bonchev–Trinajstić information content (AvgIpc) is 2.90. The number of piperidine rings is 1. The van der Waals surface area contributed by atoms with Crippen molar-refractivity contribution in [2.75, 3.05) is 26.8 Å². The number of carbonyl (C=O) groups is 3. The molecule has 1 heterocycles. The van der Waals surface area contributed by atoms with Gasteiger partial charge in [-0.25, -0.2) is 14.4 Å². The van der Waals surface area contributed by atoms with Gasteiger partial charge in [0.15, 0.2) is 0 Å². The van der Waals surface area contributed by atoms with Crippen molar-refractivity contribution in [2.24, 2.45) is 5.92 Å². The molecule has 2 amide bonds. The number of methoxy groups -OCH3 is 1. The first-order valence-corrected chi connectivity index (χ1v) is 13.8. The highest BCUT2D eigenvalue weighted by molar-refractivity contribution is 5.81. The number of amides is 2. The van der Waals surface area contributed by atoms with Gasteiger partial charge in [-0.05, 0) is 82.2 Å². The highest BCUT2D eigenvalue weighted by Gasteiger charge is 2.26. The summed E-state index contributed by atoms with van der Waals surface area (Å²) < 4.78 is 21.5. The van der Waals surface area contributed by atoms with Gasteiger partial charge < -0.3 is 29.2 Å². The molecule has 2 aromatic rings. The van der Waals surface area contributed by atoms with Crippen LogP contribution in [0.25, 0.3) is 11.1 Å². The molecule has 40 heavy (non-hydrogen) atoms. The van der Waals surface area contributed by atoms with E-state index in [-0.39, 0.29) is 18.6 Å². The van der Waals surface area contributed by atoms with Crippen molar-refractivity contribution >= 4 is 18.2 Å². The molecule has 1 saturated heterocycles. The second-order valence-corrected chi connectivity index (χ2v) is 11.3. The van der Waals surface area contributed by atoms with Gasteiger partial charge in [-0.1, -0.05) is 36.4 Å². The molecule has 1 aliphatic rings. The minimum atomic E-state index is -0.858. The standard InChI is InChI=1S/C31H42N2O7/c1-21(2)39-30(36)33-17-15-23(16-18-33)20-38-26-13-11-25(12-14-26)24-9-7-22(8-10-24)19-27(28(34)37-6)32-29(35)40-31(3,4)5/h7-14,21,23,27H,15-20H2,1-6H3,(H,32,35). The topological polar surface area (TPSA) is 103 Å². The third-order valence-electron chi connectivity index (χ3n) is 6.45. The number of benzene rings is 2. The molecule has 218 valence electrons. The fourth-order valence-electron chi connectivity index (χ4n) is 4.37. The van der Waals surface area contributed by atoms with E-state index in [1.165, 1.54) is 7.11 Å². The number of nitrogens with one attached hydrogen (secondary N) is 1. The van der Waals surface area contributed by atoms with Crippen LogP contribution in [-0.2, 0) is 25.4 Å². The number of hydrogen-bond donors (Lipinski definition) is 1. The third kappa shape index (κ3) is 9.77. The van der Waals surface area contributed by atoms with Crippen LogP contribution in [0.2, 0.25) is 0 Å². The van der Waals surface area contributed by atoms with Crippen molar-refractivity contribution in [1.82, 2.24) is 10.2 Å². The molecule has 1 unspecified atom stereocenters. The number of ether oxygens (including phenoxy) is 4. The number of nitrogens with zero attached hydrogens (tertiary/aromatic N) is 1. The van der Waals surface area contributed by atoms with Gasteiger partial charge in [-0.3, -0.25) is 0 Å². The molecular weight excluding hydrogens is 512 g/mol. The van der Waals surface area contributed by atoms with E-state index in [0.717, 1.165) is 35.3 Å². The molecule has 2 aromatic carbocycles. The van der Waals surface area contributed by atoms with E-state index in [1.54, 1.807) is 25.7 Å². The SMILES string of the molecule is COC(=O)C(Cc1ccc(-c2ccc(OCC3CCN(C(=O)OC(C)C)CC3)cc2)cc1)NC(=O)OC(C)(C)C. The summed E-state index contributed by atoms with van der Waals surface area (Å²) in [6.07, 6.45) is 1.04. The summed E-state index contributed by atoms with van der Waals surface area (Å²) in [5, 5.41) is 2.60. The van der Waals surface area contributed by atoms with E-state index in [0.29, 0.717) is 25.6 Å². The molecule has 9 nitrogen and oxygen atoms in total. The lowest BCUT2D eigenvalue weighted by Crippen LogP contribution is -2.45. The first-order chi connectivity index (χ1) is 18.9. The van der Waals surface area contributed by atoms with Crippen LogP contribution in [0.3, 0.4) is 0 Å². The number of carbonyl (C=O) groups excluding carboxylic acids is 3. The maximum Gasteiger partial charge on any atom is 0.410 e. The first kappa shape index (κ1) is 30.8. The normalized spacial score (nSPS) is 14.8.